The monoisotopic (exact) mass is 411 g/mol. The molecule has 1 aliphatic heterocycles. The Kier molecular flexibility index (Phi) is 5.87. The lowest BCUT2D eigenvalue weighted by Crippen LogP contribution is -2.48. The predicted octanol–water partition coefficient (Wildman–Crippen LogP) is 3.92. The summed E-state index contributed by atoms with van der Waals surface area (Å²) in [5, 5.41) is 3.03. The number of ether oxygens (including phenoxy) is 1. The molecule has 0 radical (unpaired) electrons. The van der Waals surface area contributed by atoms with E-state index in [4.69, 9.17) is 4.74 Å². The van der Waals surface area contributed by atoms with E-state index in [-0.39, 0.29) is 11.7 Å². The number of hydrogen-bond donors (Lipinski definition) is 0. The van der Waals surface area contributed by atoms with Gasteiger partial charge in [0.05, 0.1) is 19.3 Å². The molecule has 1 fully saturated rings. The summed E-state index contributed by atoms with van der Waals surface area (Å²) < 4.78 is 18.2. The van der Waals surface area contributed by atoms with Crippen molar-refractivity contribution in [3.05, 3.63) is 70.3 Å². The number of aromatic nitrogens is 1. The molecule has 5 nitrogen and oxygen atoms in total. The summed E-state index contributed by atoms with van der Waals surface area (Å²) in [6.07, 6.45) is 0. The van der Waals surface area contributed by atoms with Crippen LogP contribution in [0.25, 0.3) is 11.3 Å². The first-order chi connectivity index (χ1) is 14.1. The Morgan fingerprint density at radius 2 is 1.76 bits per heavy atom. The molecule has 3 aromatic rings. The van der Waals surface area contributed by atoms with Crippen LogP contribution in [-0.4, -0.2) is 54.0 Å². The average molecular weight is 412 g/mol. The molecule has 1 aromatic heterocycles. The van der Waals surface area contributed by atoms with E-state index in [9.17, 15) is 9.18 Å². The number of methoxy groups -OCH3 is 1. The third-order valence-corrected chi connectivity index (χ3v) is 5.88. The number of halogens is 1. The first-order valence-corrected chi connectivity index (χ1v) is 10.4. The minimum Gasteiger partial charge on any atom is -0.497 e. The quantitative estimate of drug-likeness (QED) is 0.639. The maximum atomic E-state index is 13.1. The van der Waals surface area contributed by atoms with Crippen LogP contribution in [0.3, 0.4) is 0 Å². The first-order valence-electron chi connectivity index (χ1n) is 9.48. The van der Waals surface area contributed by atoms with Gasteiger partial charge in [0.15, 0.2) is 0 Å². The Hall–Kier alpha value is -2.77. The fraction of sp³-hybridized carbons (Fsp3) is 0.273. The van der Waals surface area contributed by atoms with Gasteiger partial charge in [-0.25, -0.2) is 9.37 Å². The lowest BCUT2D eigenvalue weighted by molar-refractivity contribution is 0.0628. The molecular formula is C22H22FN3O2S. The second-order valence-electron chi connectivity index (χ2n) is 6.93. The van der Waals surface area contributed by atoms with Crippen molar-refractivity contribution >= 4 is 17.2 Å². The molecular weight excluding hydrogens is 389 g/mol. The molecule has 4 rings (SSSR count). The van der Waals surface area contributed by atoms with Gasteiger partial charge in [-0.3, -0.25) is 9.69 Å². The maximum Gasteiger partial charge on any atom is 0.253 e. The number of benzene rings is 2. The van der Waals surface area contributed by atoms with Crippen molar-refractivity contribution < 1.29 is 13.9 Å². The molecule has 0 atom stereocenters. The minimum absolute atomic E-state index is 0.0557. The van der Waals surface area contributed by atoms with Crippen LogP contribution in [0.15, 0.2) is 53.9 Å². The molecule has 1 amide bonds. The number of rotatable bonds is 5. The maximum absolute atomic E-state index is 13.1. The topological polar surface area (TPSA) is 45.7 Å². The van der Waals surface area contributed by atoms with Gasteiger partial charge in [-0.2, -0.15) is 0 Å². The van der Waals surface area contributed by atoms with E-state index in [2.05, 4.69) is 9.88 Å². The fourth-order valence-corrected chi connectivity index (χ4v) is 4.20. The van der Waals surface area contributed by atoms with Gasteiger partial charge >= 0.3 is 0 Å². The Morgan fingerprint density at radius 3 is 2.41 bits per heavy atom. The SMILES string of the molecule is COc1ccc(C(=O)N2CCN(Cc3nc(-c4ccc(F)cc4)cs3)CC2)cc1. The predicted molar refractivity (Wildman–Crippen MR) is 112 cm³/mol. The summed E-state index contributed by atoms with van der Waals surface area (Å²) in [6, 6.07) is 13.6. The highest BCUT2D eigenvalue weighted by Crippen LogP contribution is 2.23. The van der Waals surface area contributed by atoms with E-state index in [1.54, 1.807) is 42.7 Å². The number of piperazine rings is 1. The molecule has 0 bridgehead atoms. The number of thiazole rings is 1. The van der Waals surface area contributed by atoms with E-state index in [0.29, 0.717) is 18.7 Å². The van der Waals surface area contributed by atoms with Gasteiger partial charge in [-0.05, 0) is 48.5 Å². The van der Waals surface area contributed by atoms with Gasteiger partial charge in [0, 0.05) is 42.7 Å². The van der Waals surface area contributed by atoms with Gasteiger partial charge in [-0.1, -0.05) is 0 Å². The molecule has 0 saturated carbocycles. The molecule has 0 unspecified atom stereocenters. The normalized spacial score (nSPS) is 14.8. The third-order valence-electron chi connectivity index (χ3n) is 5.05. The zero-order valence-electron chi connectivity index (χ0n) is 16.2. The Morgan fingerprint density at radius 1 is 1.07 bits per heavy atom. The molecule has 7 heteroatoms. The van der Waals surface area contributed by atoms with E-state index < -0.39 is 0 Å². The van der Waals surface area contributed by atoms with E-state index in [1.165, 1.54) is 12.1 Å². The smallest absolute Gasteiger partial charge is 0.253 e. The summed E-state index contributed by atoms with van der Waals surface area (Å²) in [4.78, 5) is 21.6. The van der Waals surface area contributed by atoms with Crippen LogP contribution in [-0.2, 0) is 6.54 Å². The van der Waals surface area contributed by atoms with Crippen LogP contribution in [0.4, 0.5) is 4.39 Å². The van der Waals surface area contributed by atoms with Crippen LogP contribution in [0.5, 0.6) is 5.75 Å². The van der Waals surface area contributed by atoms with Crippen LogP contribution >= 0.6 is 11.3 Å². The molecule has 0 aliphatic carbocycles. The summed E-state index contributed by atoms with van der Waals surface area (Å²) in [5.41, 5.74) is 2.48. The van der Waals surface area contributed by atoms with Gasteiger partial charge in [0.1, 0.15) is 16.6 Å². The van der Waals surface area contributed by atoms with Crippen LogP contribution < -0.4 is 4.74 Å². The summed E-state index contributed by atoms with van der Waals surface area (Å²) in [7, 11) is 1.61. The van der Waals surface area contributed by atoms with Crippen molar-refractivity contribution in [1.29, 1.82) is 0 Å². The van der Waals surface area contributed by atoms with E-state index in [0.717, 1.165) is 41.6 Å². The van der Waals surface area contributed by atoms with Crippen molar-refractivity contribution in [2.24, 2.45) is 0 Å². The van der Waals surface area contributed by atoms with Crippen LogP contribution in [0.2, 0.25) is 0 Å². The van der Waals surface area contributed by atoms with Crippen LogP contribution in [0.1, 0.15) is 15.4 Å². The molecule has 29 heavy (non-hydrogen) atoms. The largest absolute Gasteiger partial charge is 0.497 e. The summed E-state index contributed by atoms with van der Waals surface area (Å²) in [6.45, 7) is 3.78. The van der Waals surface area contributed by atoms with E-state index >= 15 is 0 Å². The van der Waals surface area contributed by atoms with Gasteiger partial charge in [0.25, 0.3) is 5.91 Å². The molecule has 2 heterocycles. The van der Waals surface area contributed by atoms with Gasteiger partial charge in [0.2, 0.25) is 0 Å². The zero-order chi connectivity index (χ0) is 20.2. The molecule has 1 saturated heterocycles. The molecule has 150 valence electrons. The Bertz CT molecular complexity index is 964. The standard InChI is InChI=1S/C22H22FN3O2S/c1-28-19-8-4-17(5-9-19)22(27)26-12-10-25(11-13-26)14-21-24-20(15-29-21)16-2-6-18(23)7-3-16/h2-9,15H,10-14H2,1H3. The van der Waals surface area contributed by atoms with Crippen molar-refractivity contribution in [3.63, 3.8) is 0 Å². The number of carbonyl (C=O) groups excluding carboxylic acids is 1. The van der Waals surface area contributed by atoms with Crippen molar-refractivity contribution in [3.8, 4) is 17.0 Å². The molecule has 1 aliphatic rings. The van der Waals surface area contributed by atoms with Crippen molar-refractivity contribution in [2.45, 2.75) is 6.54 Å². The fourth-order valence-electron chi connectivity index (χ4n) is 3.35. The summed E-state index contributed by atoms with van der Waals surface area (Å²) >= 11 is 1.61. The second kappa shape index (κ2) is 8.71. The van der Waals surface area contributed by atoms with Crippen molar-refractivity contribution in [2.75, 3.05) is 33.3 Å². The Labute approximate surface area is 173 Å². The number of carbonyl (C=O) groups is 1. The number of amides is 1. The third kappa shape index (κ3) is 4.63. The van der Waals surface area contributed by atoms with Crippen LogP contribution in [0, 0.1) is 5.82 Å². The van der Waals surface area contributed by atoms with Gasteiger partial charge < -0.3 is 9.64 Å². The Balaban J connectivity index is 1.32. The van der Waals surface area contributed by atoms with Gasteiger partial charge in [-0.15, -0.1) is 11.3 Å². The van der Waals surface area contributed by atoms with E-state index in [1.807, 2.05) is 22.4 Å². The van der Waals surface area contributed by atoms with Crippen molar-refractivity contribution in [1.82, 2.24) is 14.8 Å². The first kappa shape index (κ1) is 19.5. The molecule has 2 aromatic carbocycles. The zero-order valence-corrected chi connectivity index (χ0v) is 17.0. The number of nitrogens with zero attached hydrogens (tertiary/aromatic N) is 3. The number of hydrogen-bond acceptors (Lipinski definition) is 5. The molecule has 0 N–H and O–H groups in total. The highest BCUT2D eigenvalue weighted by Gasteiger charge is 2.22. The lowest BCUT2D eigenvalue weighted by Gasteiger charge is -2.34. The molecule has 0 spiro atoms. The minimum atomic E-state index is -0.244. The highest BCUT2D eigenvalue weighted by atomic mass is 32.1. The second-order valence-corrected chi connectivity index (χ2v) is 7.87. The summed E-state index contributed by atoms with van der Waals surface area (Å²) in [5.74, 6) is 0.557. The average Bonchev–Trinajstić information content (AvgIpc) is 3.23. The highest BCUT2D eigenvalue weighted by molar-refractivity contribution is 7.09. The lowest BCUT2D eigenvalue weighted by atomic mass is 10.1.